The molecule has 5 heteroatoms. The maximum Gasteiger partial charge on any atom is 0.217 e. The van der Waals surface area contributed by atoms with Crippen molar-refractivity contribution in [2.45, 2.75) is 67.2 Å². The zero-order valence-corrected chi connectivity index (χ0v) is 25.3. The predicted octanol–water partition coefficient (Wildman–Crippen LogP) is 8.86. The molecule has 0 saturated heterocycles. The van der Waals surface area contributed by atoms with E-state index in [-0.39, 0.29) is 31.6 Å². The van der Waals surface area contributed by atoms with Gasteiger partial charge in [-0.2, -0.15) is 0 Å². The van der Waals surface area contributed by atoms with Gasteiger partial charge in [0, 0.05) is 37.1 Å². The summed E-state index contributed by atoms with van der Waals surface area (Å²) in [7, 11) is 0. The molecule has 1 N–H and O–H groups in total. The van der Waals surface area contributed by atoms with Gasteiger partial charge in [-0.1, -0.05) is 71.9 Å². The van der Waals surface area contributed by atoms with Gasteiger partial charge in [0.05, 0.1) is 5.76 Å². The first-order valence-corrected chi connectivity index (χ1v) is 12.4. The molecule has 0 fully saturated rings. The van der Waals surface area contributed by atoms with Crippen molar-refractivity contribution in [3.63, 3.8) is 0 Å². The molecule has 2 aromatic carbocycles. The van der Waals surface area contributed by atoms with E-state index in [1.807, 2.05) is 0 Å². The van der Waals surface area contributed by atoms with E-state index >= 15 is 0 Å². The van der Waals surface area contributed by atoms with Crippen LogP contribution < -0.4 is 0 Å². The van der Waals surface area contributed by atoms with Gasteiger partial charge in [0.1, 0.15) is 5.76 Å². The summed E-state index contributed by atoms with van der Waals surface area (Å²) in [5.74, 6) is 1.69. The smallest absolute Gasteiger partial charge is 0.217 e. The van der Waals surface area contributed by atoms with Gasteiger partial charge in [-0.15, -0.1) is 34.9 Å². The average molecular weight is 675 g/mol. The topological polar surface area (TPSA) is 63.3 Å². The van der Waals surface area contributed by atoms with Crippen molar-refractivity contribution >= 4 is 16.9 Å². The summed E-state index contributed by atoms with van der Waals surface area (Å²) in [5.41, 5.74) is 8.77. The second-order valence-corrected chi connectivity index (χ2v) is 9.97. The number of aliphatic hydroxyl groups is 1. The molecule has 0 aliphatic rings. The van der Waals surface area contributed by atoms with E-state index in [1.54, 1.807) is 0 Å². The number of aliphatic hydroxyl groups excluding tert-OH is 1. The van der Waals surface area contributed by atoms with Crippen LogP contribution >= 0.6 is 0 Å². The Morgan fingerprint density at radius 3 is 2.08 bits per heavy atom. The van der Waals surface area contributed by atoms with E-state index in [9.17, 15) is 4.79 Å². The maximum atomic E-state index is 10.0. The average Bonchev–Trinajstić information content (AvgIpc) is 3.20. The number of ketones is 1. The Balaban J connectivity index is 0.000000532. The van der Waals surface area contributed by atoms with Crippen molar-refractivity contribution in [1.29, 1.82) is 0 Å². The Morgan fingerprint density at radius 1 is 0.973 bits per heavy atom. The third-order valence-electron chi connectivity index (χ3n) is 5.84. The second-order valence-electron chi connectivity index (χ2n) is 9.97. The van der Waals surface area contributed by atoms with Gasteiger partial charge in [0.25, 0.3) is 0 Å². The Labute approximate surface area is 234 Å². The van der Waals surface area contributed by atoms with E-state index in [0.29, 0.717) is 17.5 Å². The number of hydrogen-bond donors (Lipinski definition) is 1. The van der Waals surface area contributed by atoms with Crippen LogP contribution in [0.4, 0.5) is 0 Å². The summed E-state index contributed by atoms with van der Waals surface area (Å²) < 4.78 is 6.33. The molecule has 2 heterocycles. The molecule has 4 aromatic rings. The minimum atomic E-state index is -0.125. The number of fused-ring (bicyclic) bond motifs is 1. The number of aromatic nitrogens is 1. The molecule has 0 spiro atoms. The van der Waals surface area contributed by atoms with Crippen molar-refractivity contribution in [2.75, 3.05) is 0 Å². The zero-order chi connectivity index (χ0) is 26.6. The van der Waals surface area contributed by atoms with Gasteiger partial charge < -0.3 is 9.52 Å². The second kappa shape index (κ2) is 13.0. The Kier molecular flexibility index (Phi) is 10.6. The molecule has 197 valence electrons. The molecule has 0 saturated carbocycles. The fraction of sp³-hybridized carbons (Fsp3) is 0.312. The van der Waals surface area contributed by atoms with E-state index in [2.05, 4.69) is 96.1 Å². The number of rotatable bonds is 5. The van der Waals surface area contributed by atoms with Crippen LogP contribution in [0.5, 0.6) is 0 Å². The SMILES string of the molecule is CC(=O)/C=C(/C)O.Cc1[c-]c(-c2ccc3cc(-c4c(C(C)C)cccc4C(C)C)oc3n2)cc(C)c1.[Ir]. The normalized spacial score (nSPS) is 11.4. The molecule has 4 nitrogen and oxygen atoms in total. The molecular weight excluding hydrogens is 639 g/mol. The van der Waals surface area contributed by atoms with E-state index < -0.39 is 0 Å². The van der Waals surface area contributed by atoms with Crippen molar-refractivity contribution in [1.82, 2.24) is 4.98 Å². The van der Waals surface area contributed by atoms with Crippen molar-refractivity contribution in [3.8, 4) is 22.6 Å². The number of carbonyl (C=O) groups excluding carboxylic acids is 1. The van der Waals surface area contributed by atoms with Gasteiger partial charge in [0.15, 0.2) is 5.78 Å². The molecular formula is C32H36IrNO3-. The number of allylic oxidation sites excluding steroid dienone is 2. The number of nitrogens with zero attached hydrogens (tertiary/aromatic N) is 1. The van der Waals surface area contributed by atoms with Gasteiger partial charge in [0.2, 0.25) is 5.71 Å². The third kappa shape index (κ3) is 7.74. The Hall–Kier alpha value is -3.01. The summed E-state index contributed by atoms with van der Waals surface area (Å²) in [5, 5.41) is 9.39. The number of pyridine rings is 1. The minimum absolute atomic E-state index is 0. The third-order valence-corrected chi connectivity index (χ3v) is 5.84. The fourth-order valence-electron chi connectivity index (χ4n) is 4.35. The molecule has 4 rings (SSSR count). The van der Waals surface area contributed by atoms with Crippen LogP contribution in [-0.2, 0) is 24.9 Å². The maximum absolute atomic E-state index is 10.0. The van der Waals surface area contributed by atoms with Crippen LogP contribution in [0.25, 0.3) is 33.7 Å². The number of hydrogen-bond acceptors (Lipinski definition) is 4. The molecule has 0 unspecified atom stereocenters. The first kappa shape index (κ1) is 30.2. The first-order valence-electron chi connectivity index (χ1n) is 12.4. The molecule has 37 heavy (non-hydrogen) atoms. The van der Waals surface area contributed by atoms with Crippen LogP contribution in [0, 0.1) is 19.9 Å². The van der Waals surface area contributed by atoms with Crippen LogP contribution in [0.2, 0.25) is 0 Å². The Bertz CT molecular complexity index is 1360. The van der Waals surface area contributed by atoms with Gasteiger partial charge in [-0.05, 0) is 48.6 Å². The van der Waals surface area contributed by atoms with Crippen molar-refractivity contribution < 1.29 is 34.4 Å². The fourth-order valence-corrected chi connectivity index (χ4v) is 4.35. The van der Waals surface area contributed by atoms with E-state index in [4.69, 9.17) is 14.5 Å². The van der Waals surface area contributed by atoms with Crippen LogP contribution in [0.15, 0.2) is 64.8 Å². The molecule has 2 aromatic heterocycles. The summed E-state index contributed by atoms with van der Waals surface area (Å²) in [6, 6.07) is 20.5. The number of benzene rings is 2. The number of aryl methyl sites for hydroxylation is 2. The van der Waals surface area contributed by atoms with E-state index in [1.165, 1.54) is 42.2 Å². The summed E-state index contributed by atoms with van der Waals surface area (Å²) in [6.07, 6.45) is 1.17. The molecule has 0 amide bonds. The summed E-state index contributed by atoms with van der Waals surface area (Å²) in [4.78, 5) is 14.8. The van der Waals surface area contributed by atoms with Crippen LogP contribution in [0.1, 0.15) is 75.6 Å². The summed E-state index contributed by atoms with van der Waals surface area (Å²) in [6.45, 7) is 16.0. The quantitative estimate of drug-likeness (QED) is 0.131. The summed E-state index contributed by atoms with van der Waals surface area (Å²) >= 11 is 0. The predicted molar refractivity (Wildman–Crippen MR) is 148 cm³/mol. The standard InChI is InChI=1S/C27H28NO.C5H8O2.Ir/c1-16(2)22-8-7-9-23(17(3)4)26(22)25-15-20-10-11-24(28-27(20)29-25)21-13-18(5)12-19(6)14-21;1-4(6)3-5(2)7;/h7-13,15-17H,1-6H3;3,6H,1-2H3;/q-1;;/b;4-3-;. The van der Waals surface area contributed by atoms with Crippen LogP contribution in [-0.4, -0.2) is 15.9 Å². The molecule has 0 aliphatic heterocycles. The number of carbonyl (C=O) groups is 1. The number of furan rings is 1. The van der Waals surface area contributed by atoms with Crippen molar-refractivity contribution in [3.05, 3.63) is 88.7 Å². The molecule has 0 bridgehead atoms. The molecule has 0 atom stereocenters. The molecule has 1 radical (unpaired) electrons. The van der Waals surface area contributed by atoms with Gasteiger partial charge in [-0.25, -0.2) is 0 Å². The largest absolute Gasteiger partial charge is 0.512 e. The van der Waals surface area contributed by atoms with Crippen molar-refractivity contribution in [2.24, 2.45) is 0 Å². The zero-order valence-electron chi connectivity index (χ0n) is 22.9. The minimum Gasteiger partial charge on any atom is -0.512 e. The van der Waals surface area contributed by atoms with E-state index in [0.717, 1.165) is 28.0 Å². The first-order chi connectivity index (χ1) is 17.0. The monoisotopic (exact) mass is 675 g/mol. The van der Waals surface area contributed by atoms with Gasteiger partial charge in [-0.3, -0.25) is 9.78 Å². The van der Waals surface area contributed by atoms with Crippen LogP contribution in [0.3, 0.4) is 0 Å². The molecule has 0 aliphatic carbocycles. The Morgan fingerprint density at radius 2 is 1.59 bits per heavy atom. The van der Waals surface area contributed by atoms with Gasteiger partial charge >= 0.3 is 0 Å².